The van der Waals surface area contributed by atoms with E-state index in [0.29, 0.717) is 5.56 Å². The number of anilines is 1. The predicted molar refractivity (Wildman–Crippen MR) is 107 cm³/mol. The number of ether oxygens (including phenoxy) is 1. The zero-order valence-electron chi connectivity index (χ0n) is 15.6. The maximum atomic E-state index is 12.8. The highest BCUT2D eigenvalue weighted by molar-refractivity contribution is 6.06. The fourth-order valence-electron chi connectivity index (χ4n) is 2.86. The van der Waals surface area contributed by atoms with Gasteiger partial charge in [0.25, 0.3) is 5.91 Å². The average molecular weight is 345 g/mol. The molecule has 0 radical (unpaired) electrons. The molecule has 0 saturated heterocycles. The lowest BCUT2D eigenvalue weighted by molar-refractivity contribution is 0.0993. The van der Waals surface area contributed by atoms with Crippen molar-refractivity contribution in [1.29, 1.82) is 0 Å². The third kappa shape index (κ3) is 3.62. The van der Waals surface area contributed by atoms with Crippen molar-refractivity contribution in [3.8, 4) is 16.9 Å². The molecule has 0 heterocycles. The maximum Gasteiger partial charge on any atom is 0.258 e. The van der Waals surface area contributed by atoms with Gasteiger partial charge in [0.15, 0.2) is 0 Å². The van der Waals surface area contributed by atoms with Gasteiger partial charge in [-0.1, -0.05) is 36.4 Å². The summed E-state index contributed by atoms with van der Waals surface area (Å²) < 4.78 is 5.24. The zero-order valence-corrected chi connectivity index (χ0v) is 15.6. The molecule has 3 aromatic carbocycles. The van der Waals surface area contributed by atoms with Gasteiger partial charge in [0.2, 0.25) is 0 Å². The molecule has 0 fully saturated rings. The molecule has 1 amide bonds. The van der Waals surface area contributed by atoms with Crippen LogP contribution in [-0.4, -0.2) is 20.1 Å². The van der Waals surface area contributed by atoms with Gasteiger partial charge in [0, 0.05) is 24.4 Å². The fourth-order valence-corrected chi connectivity index (χ4v) is 2.86. The van der Waals surface area contributed by atoms with E-state index in [9.17, 15) is 4.79 Å². The molecule has 0 atom stereocenters. The van der Waals surface area contributed by atoms with Crippen LogP contribution >= 0.6 is 0 Å². The van der Waals surface area contributed by atoms with E-state index in [1.165, 1.54) is 11.1 Å². The number of hydrogen-bond acceptors (Lipinski definition) is 2. The van der Waals surface area contributed by atoms with Crippen LogP contribution < -0.4 is 9.64 Å². The summed E-state index contributed by atoms with van der Waals surface area (Å²) in [6.45, 7) is 4.22. The zero-order chi connectivity index (χ0) is 18.7. The summed E-state index contributed by atoms with van der Waals surface area (Å²) in [7, 11) is 3.39. The van der Waals surface area contributed by atoms with Crippen LogP contribution in [-0.2, 0) is 0 Å². The molecule has 0 spiro atoms. The smallest absolute Gasteiger partial charge is 0.258 e. The molecule has 3 rings (SSSR count). The third-order valence-electron chi connectivity index (χ3n) is 4.72. The molecule has 26 heavy (non-hydrogen) atoms. The Kier molecular flexibility index (Phi) is 5.08. The number of nitrogens with zero attached hydrogens (tertiary/aromatic N) is 1. The number of carbonyl (C=O) groups excluding carboxylic acids is 1. The monoisotopic (exact) mass is 345 g/mol. The van der Waals surface area contributed by atoms with Crippen LogP contribution in [0.15, 0.2) is 66.7 Å². The second-order valence-corrected chi connectivity index (χ2v) is 6.44. The van der Waals surface area contributed by atoms with Gasteiger partial charge in [0.1, 0.15) is 5.75 Å². The van der Waals surface area contributed by atoms with Crippen molar-refractivity contribution in [2.75, 3.05) is 19.1 Å². The first-order chi connectivity index (χ1) is 12.5. The largest absolute Gasteiger partial charge is 0.497 e. The molecular weight excluding hydrogens is 322 g/mol. The van der Waals surface area contributed by atoms with Gasteiger partial charge in [-0.05, 0) is 60.4 Å². The van der Waals surface area contributed by atoms with Crippen molar-refractivity contribution in [2.45, 2.75) is 13.8 Å². The number of rotatable bonds is 4. The number of aryl methyl sites for hydroxylation is 2. The average Bonchev–Trinajstić information content (AvgIpc) is 2.69. The molecule has 0 bridgehead atoms. The Hall–Kier alpha value is -3.07. The second kappa shape index (κ2) is 7.44. The van der Waals surface area contributed by atoms with Crippen molar-refractivity contribution in [3.63, 3.8) is 0 Å². The lowest BCUT2D eigenvalue weighted by atomic mass is 9.99. The van der Waals surface area contributed by atoms with E-state index in [2.05, 4.69) is 32.0 Å². The number of amides is 1. The van der Waals surface area contributed by atoms with Crippen molar-refractivity contribution in [3.05, 3.63) is 83.4 Å². The van der Waals surface area contributed by atoms with Gasteiger partial charge >= 0.3 is 0 Å². The van der Waals surface area contributed by atoms with E-state index >= 15 is 0 Å². The van der Waals surface area contributed by atoms with E-state index in [1.54, 1.807) is 19.1 Å². The van der Waals surface area contributed by atoms with Crippen molar-refractivity contribution in [2.24, 2.45) is 0 Å². The Morgan fingerprint density at radius 1 is 0.846 bits per heavy atom. The molecule has 3 aromatic rings. The van der Waals surface area contributed by atoms with Crippen molar-refractivity contribution >= 4 is 11.6 Å². The first kappa shape index (κ1) is 17.7. The van der Waals surface area contributed by atoms with Crippen LogP contribution in [0.1, 0.15) is 21.5 Å². The van der Waals surface area contributed by atoms with Crippen LogP contribution in [0.2, 0.25) is 0 Å². The lowest BCUT2D eigenvalue weighted by Crippen LogP contribution is -2.26. The Labute approximate surface area is 154 Å². The normalized spacial score (nSPS) is 10.5. The molecule has 3 nitrogen and oxygen atoms in total. The van der Waals surface area contributed by atoms with Gasteiger partial charge < -0.3 is 9.64 Å². The standard InChI is InChI=1S/C23H23NO2/c1-16-8-9-20(14-17(16)2)18-10-12-19(13-11-18)23(25)24(3)21-6-5-7-22(15-21)26-4/h5-15H,1-4H3. The first-order valence-electron chi connectivity index (χ1n) is 8.59. The minimum absolute atomic E-state index is 0.0510. The van der Waals surface area contributed by atoms with Gasteiger partial charge in [-0.3, -0.25) is 4.79 Å². The molecule has 0 saturated carbocycles. The summed E-state index contributed by atoms with van der Waals surface area (Å²) in [6.07, 6.45) is 0. The summed E-state index contributed by atoms with van der Waals surface area (Å²) in [5, 5.41) is 0. The van der Waals surface area contributed by atoms with Gasteiger partial charge in [0.05, 0.1) is 7.11 Å². The van der Waals surface area contributed by atoms with E-state index in [-0.39, 0.29) is 5.91 Å². The highest BCUT2D eigenvalue weighted by Gasteiger charge is 2.14. The van der Waals surface area contributed by atoms with Crippen LogP contribution in [0.3, 0.4) is 0 Å². The first-order valence-corrected chi connectivity index (χ1v) is 8.59. The molecule has 0 aromatic heterocycles. The Morgan fingerprint density at radius 3 is 2.19 bits per heavy atom. The highest BCUT2D eigenvalue weighted by Crippen LogP contribution is 2.24. The molecule has 3 heteroatoms. The van der Waals surface area contributed by atoms with Gasteiger partial charge in [-0.15, -0.1) is 0 Å². The Morgan fingerprint density at radius 2 is 1.54 bits per heavy atom. The summed E-state index contributed by atoms with van der Waals surface area (Å²) in [5.41, 5.74) is 6.26. The van der Waals surface area contributed by atoms with Gasteiger partial charge in [-0.2, -0.15) is 0 Å². The quantitative estimate of drug-likeness (QED) is 0.646. The Balaban J connectivity index is 1.83. The second-order valence-electron chi connectivity index (χ2n) is 6.44. The summed E-state index contributed by atoms with van der Waals surface area (Å²) in [6, 6.07) is 21.6. The Bertz CT molecular complexity index is 929. The number of hydrogen-bond donors (Lipinski definition) is 0. The van der Waals surface area contributed by atoms with Crippen LogP contribution in [0.4, 0.5) is 5.69 Å². The van der Waals surface area contributed by atoms with Crippen molar-refractivity contribution in [1.82, 2.24) is 0 Å². The van der Waals surface area contributed by atoms with Gasteiger partial charge in [-0.25, -0.2) is 0 Å². The number of methoxy groups -OCH3 is 1. The van der Waals surface area contributed by atoms with Crippen LogP contribution in [0.25, 0.3) is 11.1 Å². The number of benzene rings is 3. The minimum Gasteiger partial charge on any atom is -0.497 e. The van der Waals surface area contributed by atoms with E-state index in [4.69, 9.17) is 4.74 Å². The molecular formula is C23H23NO2. The van der Waals surface area contributed by atoms with E-state index < -0.39 is 0 Å². The van der Waals surface area contributed by atoms with E-state index in [1.807, 2.05) is 48.5 Å². The van der Waals surface area contributed by atoms with Crippen molar-refractivity contribution < 1.29 is 9.53 Å². The van der Waals surface area contributed by atoms with Crippen LogP contribution in [0.5, 0.6) is 5.75 Å². The predicted octanol–water partition coefficient (Wildman–Crippen LogP) is 5.26. The third-order valence-corrected chi connectivity index (χ3v) is 4.72. The molecule has 0 aliphatic heterocycles. The SMILES string of the molecule is COc1cccc(N(C)C(=O)c2ccc(-c3ccc(C)c(C)c3)cc2)c1. The van der Waals surface area contributed by atoms with E-state index in [0.717, 1.165) is 22.6 Å². The maximum absolute atomic E-state index is 12.8. The lowest BCUT2D eigenvalue weighted by Gasteiger charge is -2.18. The fraction of sp³-hybridized carbons (Fsp3) is 0.174. The molecule has 0 aliphatic carbocycles. The molecule has 0 N–H and O–H groups in total. The summed E-state index contributed by atoms with van der Waals surface area (Å²) in [5.74, 6) is 0.678. The number of carbonyl (C=O) groups is 1. The molecule has 132 valence electrons. The highest BCUT2D eigenvalue weighted by atomic mass is 16.5. The minimum atomic E-state index is -0.0510. The summed E-state index contributed by atoms with van der Waals surface area (Å²) in [4.78, 5) is 14.4. The summed E-state index contributed by atoms with van der Waals surface area (Å²) >= 11 is 0. The van der Waals surface area contributed by atoms with Crippen LogP contribution in [0, 0.1) is 13.8 Å². The topological polar surface area (TPSA) is 29.5 Å². The molecule has 0 aliphatic rings. The molecule has 0 unspecified atom stereocenters.